The number of nitrogens with one attached hydrogen (secondary N) is 2. The molecule has 8 heteroatoms. The molecular weight excluding hydrogens is 314 g/mol. The summed E-state index contributed by atoms with van der Waals surface area (Å²) < 4.78 is 16.1. The Balaban J connectivity index is 1.81. The number of nitrogens with zero attached hydrogens (tertiary/aromatic N) is 1. The van der Waals surface area contributed by atoms with Crippen LogP contribution in [-0.2, 0) is 22.5 Å². The molecule has 0 bridgehead atoms. The Morgan fingerprint density at radius 3 is 3.00 bits per heavy atom. The maximum absolute atomic E-state index is 11.6. The van der Waals surface area contributed by atoms with Gasteiger partial charge in [-0.05, 0) is 26.7 Å². The molecule has 24 heavy (non-hydrogen) atoms. The molecule has 0 unspecified atom stereocenters. The van der Waals surface area contributed by atoms with Crippen molar-refractivity contribution in [1.82, 2.24) is 15.8 Å². The van der Waals surface area contributed by atoms with E-state index in [-0.39, 0.29) is 24.7 Å². The van der Waals surface area contributed by atoms with Crippen LogP contribution in [0.25, 0.3) is 0 Å². The summed E-state index contributed by atoms with van der Waals surface area (Å²) in [5.74, 6) is 0.673. The minimum atomic E-state index is -0.582. The van der Waals surface area contributed by atoms with Crippen LogP contribution in [0.15, 0.2) is 10.6 Å². The SMILES string of the molecule is COCc1cc(C[C@@H]2CC[C@H](O)[C@@H](CNC(=O)NC(C)C)O2)no1. The summed E-state index contributed by atoms with van der Waals surface area (Å²) in [6, 6.07) is 1.65. The fourth-order valence-corrected chi connectivity index (χ4v) is 2.68. The highest BCUT2D eigenvalue weighted by molar-refractivity contribution is 5.74. The van der Waals surface area contributed by atoms with Crippen LogP contribution in [0.5, 0.6) is 0 Å². The fourth-order valence-electron chi connectivity index (χ4n) is 2.68. The van der Waals surface area contributed by atoms with Crippen molar-refractivity contribution in [2.75, 3.05) is 13.7 Å². The predicted molar refractivity (Wildman–Crippen MR) is 86.5 cm³/mol. The van der Waals surface area contributed by atoms with Gasteiger partial charge in [-0.2, -0.15) is 0 Å². The van der Waals surface area contributed by atoms with Gasteiger partial charge in [0.25, 0.3) is 0 Å². The summed E-state index contributed by atoms with van der Waals surface area (Å²) in [7, 11) is 1.60. The molecule has 136 valence electrons. The lowest BCUT2D eigenvalue weighted by molar-refractivity contribution is -0.113. The predicted octanol–water partition coefficient (Wildman–Crippen LogP) is 0.980. The maximum atomic E-state index is 11.6. The maximum Gasteiger partial charge on any atom is 0.315 e. The van der Waals surface area contributed by atoms with Crippen molar-refractivity contribution in [2.45, 2.75) is 64.1 Å². The zero-order chi connectivity index (χ0) is 17.5. The lowest BCUT2D eigenvalue weighted by Crippen LogP contribution is -2.49. The molecule has 1 aromatic heterocycles. The van der Waals surface area contributed by atoms with Crippen LogP contribution in [-0.4, -0.2) is 54.3 Å². The van der Waals surface area contributed by atoms with E-state index in [9.17, 15) is 9.90 Å². The van der Waals surface area contributed by atoms with Crippen molar-refractivity contribution < 1.29 is 23.9 Å². The first kappa shape index (κ1) is 18.7. The second kappa shape index (κ2) is 9.00. The largest absolute Gasteiger partial charge is 0.390 e. The van der Waals surface area contributed by atoms with Gasteiger partial charge in [-0.3, -0.25) is 0 Å². The Morgan fingerprint density at radius 2 is 2.29 bits per heavy atom. The Hall–Kier alpha value is -1.64. The average molecular weight is 341 g/mol. The highest BCUT2D eigenvalue weighted by Gasteiger charge is 2.30. The number of hydrogen-bond donors (Lipinski definition) is 3. The number of aliphatic hydroxyl groups is 1. The number of rotatable bonds is 7. The zero-order valence-electron chi connectivity index (χ0n) is 14.4. The molecule has 3 N–H and O–H groups in total. The van der Waals surface area contributed by atoms with Crippen LogP contribution in [0.2, 0.25) is 0 Å². The van der Waals surface area contributed by atoms with Gasteiger partial charge in [-0.25, -0.2) is 4.79 Å². The van der Waals surface area contributed by atoms with E-state index >= 15 is 0 Å². The van der Waals surface area contributed by atoms with Crippen molar-refractivity contribution >= 4 is 6.03 Å². The Morgan fingerprint density at radius 1 is 1.50 bits per heavy atom. The molecule has 1 aliphatic rings. The molecule has 2 amide bonds. The standard InChI is InChI=1S/C16H27N3O5/c1-10(2)18-16(21)17-8-15-14(20)5-4-12(23-15)6-11-7-13(9-22-3)24-19-11/h7,10,12,14-15,20H,4-6,8-9H2,1-3H3,(H2,17,18,21)/t12-,14-,15+/m0/s1. The van der Waals surface area contributed by atoms with E-state index in [2.05, 4.69) is 15.8 Å². The van der Waals surface area contributed by atoms with Crippen LogP contribution in [0.3, 0.4) is 0 Å². The van der Waals surface area contributed by atoms with Gasteiger partial charge in [0.15, 0.2) is 5.76 Å². The Labute approximate surface area is 141 Å². The lowest BCUT2D eigenvalue weighted by Gasteiger charge is -2.33. The van der Waals surface area contributed by atoms with Gasteiger partial charge in [0.1, 0.15) is 12.7 Å². The molecule has 0 aromatic carbocycles. The lowest BCUT2D eigenvalue weighted by atomic mass is 9.98. The third-order valence-electron chi connectivity index (χ3n) is 3.80. The Bertz CT molecular complexity index is 520. The molecule has 1 fully saturated rings. The molecule has 1 saturated heterocycles. The van der Waals surface area contributed by atoms with Crippen molar-refractivity contribution in [3.05, 3.63) is 17.5 Å². The molecule has 3 atom stereocenters. The number of methoxy groups -OCH3 is 1. The molecule has 0 radical (unpaired) electrons. The second-order valence-electron chi connectivity index (χ2n) is 6.37. The molecule has 0 aliphatic carbocycles. The van der Waals surface area contributed by atoms with E-state index in [0.717, 1.165) is 12.1 Å². The number of hydrogen-bond acceptors (Lipinski definition) is 6. The number of carbonyl (C=O) groups is 1. The monoisotopic (exact) mass is 341 g/mol. The molecule has 0 saturated carbocycles. The number of urea groups is 1. The van der Waals surface area contributed by atoms with E-state index in [0.29, 0.717) is 25.2 Å². The number of amides is 2. The first-order chi connectivity index (χ1) is 11.5. The van der Waals surface area contributed by atoms with Crippen LogP contribution in [0.4, 0.5) is 4.79 Å². The summed E-state index contributed by atoms with van der Waals surface area (Å²) >= 11 is 0. The van der Waals surface area contributed by atoms with Crippen molar-refractivity contribution in [1.29, 1.82) is 0 Å². The number of aliphatic hydroxyl groups excluding tert-OH is 1. The van der Waals surface area contributed by atoms with E-state index in [1.165, 1.54) is 0 Å². The van der Waals surface area contributed by atoms with Gasteiger partial charge < -0.3 is 29.7 Å². The molecule has 0 spiro atoms. The topological polar surface area (TPSA) is 106 Å². The molecule has 8 nitrogen and oxygen atoms in total. The number of aromatic nitrogens is 1. The summed E-state index contributed by atoms with van der Waals surface area (Å²) in [4.78, 5) is 11.6. The van der Waals surface area contributed by atoms with Gasteiger partial charge in [0.2, 0.25) is 0 Å². The fraction of sp³-hybridized carbons (Fsp3) is 0.750. The first-order valence-corrected chi connectivity index (χ1v) is 8.29. The summed E-state index contributed by atoms with van der Waals surface area (Å²) in [5, 5.41) is 19.6. The molecule has 1 aromatic rings. The molecule has 1 aliphatic heterocycles. The average Bonchev–Trinajstić information content (AvgIpc) is 2.95. The van der Waals surface area contributed by atoms with E-state index in [4.69, 9.17) is 14.0 Å². The summed E-state index contributed by atoms with van der Waals surface area (Å²) in [6.45, 7) is 4.42. The minimum absolute atomic E-state index is 0.0587. The quantitative estimate of drug-likeness (QED) is 0.683. The van der Waals surface area contributed by atoms with E-state index in [1.54, 1.807) is 7.11 Å². The zero-order valence-corrected chi connectivity index (χ0v) is 14.4. The molecule has 2 heterocycles. The molecular formula is C16H27N3O5. The number of ether oxygens (including phenoxy) is 2. The van der Waals surface area contributed by atoms with Crippen LogP contribution >= 0.6 is 0 Å². The summed E-state index contributed by atoms with van der Waals surface area (Å²) in [5.41, 5.74) is 0.799. The second-order valence-corrected chi connectivity index (χ2v) is 6.37. The van der Waals surface area contributed by atoms with Crippen molar-refractivity contribution in [3.63, 3.8) is 0 Å². The van der Waals surface area contributed by atoms with Gasteiger partial charge in [-0.15, -0.1) is 0 Å². The van der Waals surface area contributed by atoms with Gasteiger partial charge >= 0.3 is 6.03 Å². The first-order valence-electron chi connectivity index (χ1n) is 8.29. The van der Waals surface area contributed by atoms with Crippen LogP contribution in [0.1, 0.15) is 38.1 Å². The third kappa shape index (κ3) is 5.77. The van der Waals surface area contributed by atoms with Gasteiger partial charge in [-0.1, -0.05) is 5.16 Å². The molecule has 2 rings (SSSR count). The van der Waals surface area contributed by atoms with Crippen molar-refractivity contribution in [3.8, 4) is 0 Å². The van der Waals surface area contributed by atoms with Crippen LogP contribution < -0.4 is 10.6 Å². The highest BCUT2D eigenvalue weighted by Crippen LogP contribution is 2.22. The van der Waals surface area contributed by atoms with Gasteiger partial charge in [0, 0.05) is 32.2 Å². The van der Waals surface area contributed by atoms with Crippen molar-refractivity contribution in [2.24, 2.45) is 0 Å². The summed E-state index contributed by atoms with van der Waals surface area (Å²) in [6.07, 6.45) is 0.908. The number of carbonyl (C=O) groups excluding carboxylic acids is 1. The smallest absolute Gasteiger partial charge is 0.315 e. The van der Waals surface area contributed by atoms with Gasteiger partial charge in [0.05, 0.1) is 17.9 Å². The normalized spacial score (nSPS) is 24.1. The van der Waals surface area contributed by atoms with Crippen LogP contribution in [0, 0.1) is 0 Å². The highest BCUT2D eigenvalue weighted by atomic mass is 16.5. The van der Waals surface area contributed by atoms with E-state index < -0.39 is 12.2 Å². The minimum Gasteiger partial charge on any atom is -0.390 e. The van der Waals surface area contributed by atoms with E-state index in [1.807, 2.05) is 19.9 Å². The Kier molecular flexibility index (Phi) is 7.01. The third-order valence-corrected chi connectivity index (χ3v) is 3.80.